The van der Waals surface area contributed by atoms with E-state index < -0.39 is 0 Å². The molecule has 0 saturated heterocycles. The molecule has 0 saturated carbocycles. The van der Waals surface area contributed by atoms with E-state index in [1.165, 1.54) is 15.9 Å². The van der Waals surface area contributed by atoms with Gasteiger partial charge in [-0.1, -0.05) is 54.6 Å². The van der Waals surface area contributed by atoms with Crippen molar-refractivity contribution in [2.45, 2.75) is 6.92 Å². The number of carbonyl (C=O) groups excluding carboxylic acids is 1. The van der Waals surface area contributed by atoms with Crippen LogP contribution in [0.1, 0.15) is 23.6 Å². The van der Waals surface area contributed by atoms with Gasteiger partial charge in [-0.25, -0.2) is 0 Å². The summed E-state index contributed by atoms with van der Waals surface area (Å²) < 4.78 is 0. The molecule has 2 aromatic carbocycles. The van der Waals surface area contributed by atoms with E-state index >= 15 is 0 Å². The van der Waals surface area contributed by atoms with Crippen LogP contribution in [-0.4, -0.2) is 26.5 Å². The molecule has 2 aromatic rings. The predicted octanol–water partition coefficient (Wildman–Crippen LogP) is 2.70. The number of carbonyl (C=O) groups is 1. The lowest BCUT2D eigenvalue weighted by Crippen LogP contribution is -2.36. The number of amides is 1. The zero-order valence-electron chi connectivity index (χ0n) is 11.4. The Balaban J connectivity index is 1.96. The van der Waals surface area contributed by atoms with Crippen molar-refractivity contribution < 1.29 is 4.79 Å². The Hall–Kier alpha value is -2.46. The smallest absolute Gasteiger partial charge is 0.266 e. The maximum Gasteiger partial charge on any atom is 0.290 e. The van der Waals surface area contributed by atoms with Gasteiger partial charge in [0.05, 0.1) is 5.71 Å². The van der Waals surface area contributed by atoms with Gasteiger partial charge in [-0.2, -0.15) is 10.1 Å². The summed E-state index contributed by atoms with van der Waals surface area (Å²) in [7, 11) is 1.50. The van der Waals surface area contributed by atoms with Gasteiger partial charge < -0.3 is 0 Å². The van der Waals surface area contributed by atoms with Gasteiger partial charge in [0.25, 0.3) is 5.91 Å². The van der Waals surface area contributed by atoms with Crippen molar-refractivity contribution in [3.63, 3.8) is 0 Å². The summed E-state index contributed by atoms with van der Waals surface area (Å²) in [5, 5.41) is 6.00. The lowest BCUT2D eigenvalue weighted by molar-refractivity contribution is -0.120. The highest BCUT2D eigenvalue weighted by Gasteiger charge is 2.33. The van der Waals surface area contributed by atoms with E-state index in [4.69, 9.17) is 0 Å². The monoisotopic (exact) mass is 292 g/mol. The average molecular weight is 292 g/mol. The average Bonchev–Trinajstić information content (AvgIpc) is 2.86. The van der Waals surface area contributed by atoms with E-state index in [9.17, 15) is 4.79 Å². The summed E-state index contributed by atoms with van der Waals surface area (Å²) >= 11 is 0. The van der Waals surface area contributed by atoms with Crippen LogP contribution < -0.4 is 0 Å². The summed E-state index contributed by atoms with van der Waals surface area (Å²) in [4.78, 5) is 14.3. The Bertz CT molecular complexity index is 861. The van der Waals surface area contributed by atoms with E-state index in [-0.39, 0.29) is 5.91 Å². The molecule has 4 heteroatoms. The number of rotatable bonds is 1. The second kappa shape index (κ2) is 4.53. The number of hydrogen-bond acceptors (Lipinski definition) is 2. The third kappa shape index (κ3) is 1.80. The van der Waals surface area contributed by atoms with E-state index in [2.05, 4.69) is 5.10 Å². The maximum atomic E-state index is 12.6. The van der Waals surface area contributed by atoms with Gasteiger partial charge in [0.15, 0.2) is 0 Å². The van der Waals surface area contributed by atoms with E-state index in [0.29, 0.717) is 0 Å². The molecule has 102 valence electrons. The van der Waals surface area contributed by atoms with Crippen LogP contribution >= 0.6 is 10.9 Å². The van der Waals surface area contributed by atoms with Crippen molar-refractivity contribution in [1.82, 2.24) is 5.01 Å². The Morgan fingerprint density at radius 2 is 1.62 bits per heavy atom. The fraction of sp³-hybridized carbons (Fsp3) is 0.0588. The molecule has 0 fully saturated rings. The molecular weight excluding hydrogens is 280 g/mol. The molecule has 4 rings (SSSR count). The number of fused-ring (bicyclic) bond motifs is 3. The summed E-state index contributed by atoms with van der Waals surface area (Å²) in [5.74, 6) is -0.0462. The van der Waals surface area contributed by atoms with Gasteiger partial charge in [-0.3, -0.25) is 4.79 Å². The lowest BCUT2D eigenvalue weighted by Gasteiger charge is -2.22. The Morgan fingerprint density at radius 1 is 0.952 bits per heavy atom. The molecule has 0 radical (unpaired) electrons. The van der Waals surface area contributed by atoms with Crippen molar-refractivity contribution in [3.05, 3.63) is 71.3 Å². The third-order valence-electron chi connectivity index (χ3n) is 3.61. The largest absolute Gasteiger partial charge is 0.290 e. The van der Waals surface area contributed by atoms with Crippen molar-refractivity contribution in [2.75, 3.05) is 0 Å². The van der Waals surface area contributed by atoms with Crippen molar-refractivity contribution in [3.8, 4) is 0 Å². The number of benzene rings is 2. The van der Waals surface area contributed by atoms with Gasteiger partial charge in [0.2, 0.25) is 0 Å². The second-order valence-electron chi connectivity index (χ2n) is 4.95. The molecule has 0 unspecified atom stereocenters. The molecule has 0 N–H and O–H groups in total. The van der Waals surface area contributed by atoms with Crippen LogP contribution in [0.2, 0.25) is 0 Å². The lowest BCUT2D eigenvalue weighted by atomic mass is 10.0. The molecule has 2 aliphatic rings. The first kappa shape index (κ1) is 12.3. The van der Waals surface area contributed by atoms with Gasteiger partial charge in [0.1, 0.15) is 9.85 Å². The molecule has 0 aliphatic carbocycles. The third-order valence-corrected chi connectivity index (χ3v) is 4.81. The molecule has 0 aromatic heterocycles. The standard InChI is InChI=1S/C17H12N2OS/c1-11-13-9-5-6-10-14(13)17-19(18-11)16(20)15(21-17)12-7-3-2-4-8-12/h2-10H,1H3. The highest BCUT2D eigenvalue weighted by molar-refractivity contribution is 8.00. The fourth-order valence-electron chi connectivity index (χ4n) is 2.59. The van der Waals surface area contributed by atoms with Gasteiger partial charge >= 0.3 is 0 Å². The summed E-state index contributed by atoms with van der Waals surface area (Å²) in [6, 6.07) is 17.8. The Labute approximate surface area is 126 Å². The number of hydrogen-bond donors (Lipinski definition) is 0. The minimum absolute atomic E-state index is 0.0462. The normalized spacial score (nSPS) is 16.3. The molecule has 0 spiro atoms. The molecule has 21 heavy (non-hydrogen) atoms. The molecule has 1 amide bonds. The van der Waals surface area contributed by atoms with Crippen LogP contribution in [0.25, 0.3) is 0 Å². The van der Waals surface area contributed by atoms with Crippen LogP contribution in [-0.2, 0) is 4.79 Å². The first-order valence-electron chi connectivity index (χ1n) is 6.72. The summed E-state index contributed by atoms with van der Waals surface area (Å²) in [6.07, 6.45) is 0. The van der Waals surface area contributed by atoms with Crippen LogP contribution in [0.4, 0.5) is 0 Å². The molecular formula is C17H12N2OS. The second-order valence-corrected chi connectivity index (χ2v) is 5.95. The fourth-order valence-corrected chi connectivity index (χ4v) is 3.71. The van der Waals surface area contributed by atoms with Gasteiger partial charge in [0, 0.05) is 11.1 Å². The molecule has 3 nitrogen and oxygen atoms in total. The molecule has 0 bridgehead atoms. The van der Waals surface area contributed by atoms with Crippen molar-refractivity contribution in [1.29, 1.82) is 0 Å². The zero-order chi connectivity index (χ0) is 14.4. The minimum Gasteiger partial charge on any atom is -0.266 e. The first-order chi connectivity index (χ1) is 10.3. The van der Waals surface area contributed by atoms with Gasteiger partial charge in [-0.15, -0.1) is 10.9 Å². The quantitative estimate of drug-likeness (QED) is 0.744. The summed E-state index contributed by atoms with van der Waals surface area (Å²) in [5.41, 5.74) is 3.99. The van der Waals surface area contributed by atoms with Crippen LogP contribution in [0.3, 0.4) is 0 Å². The van der Waals surface area contributed by atoms with E-state index in [1.807, 2.05) is 61.5 Å². The Kier molecular flexibility index (Phi) is 2.65. The van der Waals surface area contributed by atoms with Crippen molar-refractivity contribution >= 4 is 32.4 Å². The zero-order valence-corrected chi connectivity index (χ0v) is 12.2. The first-order valence-corrected chi connectivity index (χ1v) is 7.54. The molecule has 2 heterocycles. The highest BCUT2D eigenvalue weighted by Crippen LogP contribution is 2.26. The number of hydrazone groups is 1. The van der Waals surface area contributed by atoms with Gasteiger partial charge in [-0.05, 0) is 12.5 Å². The predicted molar refractivity (Wildman–Crippen MR) is 87.8 cm³/mol. The van der Waals surface area contributed by atoms with Crippen LogP contribution in [0.15, 0.2) is 59.7 Å². The summed E-state index contributed by atoms with van der Waals surface area (Å²) in [6.45, 7) is 1.94. The topological polar surface area (TPSA) is 32.7 Å². The van der Waals surface area contributed by atoms with E-state index in [1.54, 1.807) is 0 Å². The SMILES string of the molecule is CC1=NN2C(=O)C(c3ccccc3)=S=C2c2ccccc21. The van der Waals surface area contributed by atoms with E-state index in [0.717, 1.165) is 32.3 Å². The van der Waals surface area contributed by atoms with Crippen LogP contribution in [0.5, 0.6) is 0 Å². The van der Waals surface area contributed by atoms with Crippen LogP contribution in [0, 0.1) is 0 Å². The molecule has 0 atom stereocenters. The Morgan fingerprint density at radius 3 is 2.38 bits per heavy atom. The molecule has 2 aliphatic heterocycles. The maximum absolute atomic E-state index is 12.6. The highest BCUT2D eigenvalue weighted by atomic mass is 32.1. The van der Waals surface area contributed by atoms with Crippen molar-refractivity contribution in [2.24, 2.45) is 5.10 Å². The number of nitrogens with zero attached hydrogens (tertiary/aromatic N) is 2. The minimum atomic E-state index is -0.0462.